The van der Waals surface area contributed by atoms with Gasteiger partial charge in [0.2, 0.25) is 15.9 Å². The SMILES string of the molecule is Cc1ccccc1CC(NC(=O)c1ccccc1)C(=O)Nc1cccc2c(S(=O)(=O)NC(C)(C)C)cccc12. The van der Waals surface area contributed by atoms with E-state index in [2.05, 4.69) is 15.4 Å². The van der Waals surface area contributed by atoms with Crippen LogP contribution in [0.3, 0.4) is 0 Å². The van der Waals surface area contributed by atoms with Gasteiger partial charge in [0.1, 0.15) is 6.04 Å². The second-order valence-corrected chi connectivity index (χ2v) is 12.2. The Bertz CT molecular complexity index is 1610. The predicted octanol–water partition coefficient (Wildman–Crippen LogP) is 5.20. The van der Waals surface area contributed by atoms with Gasteiger partial charge in [-0.25, -0.2) is 13.1 Å². The van der Waals surface area contributed by atoms with Gasteiger partial charge >= 0.3 is 0 Å². The molecular weight excluding hydrogens is 510 g/mol. The first-order valence-corrected chi connectivity index (χ1v) is 14.2. The van der Waals surface area contributed by atoms with Crippen LogP contribution in [-0.2, 0) is 21.2 Å². The average molecular weight is 544 g/mol. The van der Waals surface area contributed by atoms with E-state index in [0.29, 0.717) is 22.0 Å². The Hall–Kier alpha value is -4.01. The molecule has 2 amide bonds. The molecule has 0 bridgehead atoms. The van der Waals surface area contributed by atoms with Crippen molar-refractivity contribution in [3.05, 3.63) is 108 Å². The summed E-state index contributed by atoms with van der Waals surface area (Å²) in [6.45, 7) is 7.29. The molecule has 4 rings (SSSR count). The molecule has 0 radical (unpaired) electrons. The number of benzene rings is 4. The Morgan fingerprint density at radius 2 is 1.44 bits per heavy atom. The zero-order valence-electron chi connectivity index (χ0n) is 22.5. The highest BCUT2D eigenvalue weighted by Crippen LogP contribution is 2.29. The van der Waals surface area contributed by atoms with Gasteiger partial charge in [0.15, 0.2) is 0 Å². The third-order valence-electron chi connectivity index (χ3n) is 6.21. The van der Waals surface area contributed by atoms with Crippen LogP contribution in [0.2, 0.25) is 0 Å². The minimum Gasteiger partial charge on any atom is -0.340 e. The number of nitrogens with one attached hydrogen (secondary N) is 3. The number of anilines is 1. The first-order valence-electron chi connectivity index (χ1n) is 12.7. The maximum Gasteiger partial charge on any atom is 0.251 e. The first kappa shape index (κ1) is 28.0. The van der Waals surface area contributed by atoms with E-state index in [0.717, 1.165) is 11.1 Å². The molecule has 0 aliphatic carbocycles. The molecule has 0 spiro atoms. The molecule has 0 saturated carbocycles. The van der Waals surface area contributed by atoms with Crippen LogP contribution in [-0.4, -0.2) is 31.8 Å². The molecule has 0 fully saturated rings. The zero-order chi connectivity index (χ0) is 28.2. The fraction of sp³-hybridized carbons (Fsp3) is 0.226. The lowest BCUT2D eigenvalue weighted by molar-refractivity contribution is -0.118. The highest BCUT2D eigenvalue weighted by atomic mass is 32.2. The molecule has 0 heterocycles. The van der Waals surface area contributed by atoms with Crippen LogP contribution in [0.25, 0.3) is 10.8 Å². The number of carbonyl (C=O) groups is 2. The molecule has 7 nitrogen and oxygen atoms in total. The quantitative estimate of drug-likeness (QED) is 0.284. The minimum absolute atomic E-state index is 0.125. The lowest BCUT2D eigenvalue weighted by Gasteiger charge is -2.22. The van der Waals surface area contributed by atoms with E-state index in [4.69, 9.17) is 0 Å². The summed E-state index contributed by atoms with van der Waals surface area (Å²) in [5.41, 5.74) is 2.19. The fourth-order valence-corrected chi connectivity index (χ4v) is 6.04. The van der Waals surface area contributed by atoms with E-state index in [9.17, 15) is 18.0 Å². The molecule has 0 aromatic heterocycles. The van der Waals surface area contributed by atoms with Crippen molar-refractivity contribution in [2.24, 2.45) is 0 Å². The lowest BCUT2D eigenvalue weighted by atomic mass is 10.00. The molecule has 1 unspecified atom stereocenters. The van der Waals surface area contributed by atoms with Crippen LogP contribution in [0.15, 0.2) is 95.9 Å². The van der Waals surface area contributed by atoms with Crippen molar-refractivity contribution in [3.63, 3.8) is 0 Å². The van der Waals surface area contributed by atoms with E-state index >= 15 is 0 Å². The van der Waals surface area contributed by atoms with Gasteiger partial charge in [-0.1, -0.05) is 66.7 Å². The molecule has 1 atom stereocenters. The van der Waals surface area contributed by atoms with Crippen LogP contribution in [0.1, 0.15) is 42.3 Å². The fourth-order valence-electron chi connectivity index (χ4n) is 4.40. The van der Waals surface area contributed by atoms with Crippen molar-refractivity contribution in [2.75, 3.05) is 5.32 Å². The summed E-state index contributed by atoms with van der Waals surface area (Å²) in [5, 5.41) is 6.88. The number of amides is 2. The lowest BCUT2D eigenvalue weighted by Crippen LogP contribution is -2.45. The van der Waals surface area contributed by atoms with Crippen LogP contribution < -0.4 is 15.4 Å². The summed E-state index contributed by atoms with van der Waals surface area (Å²) in [7, 11) is -3.82. The van der Waals surface area contributed by atoms with Crippen LogP contribution in [0.4, 0.5) is 5.69 Å². The molecule has 0 aliphatic heterocycles. The monoisotopic (exact) mass is 543 g/mol. The molecule has 202 valence electrons. The van der Waals surface area contributed by atoms with Gasteiger partial charge in [-0.2, -0.15) is 0 Å². The predicted molar refractivity (Wildman–Crippen MR) is 155 cm³/mol. The Labute approximate surface area is 229 Å². The highest BCUT2D eigenvalue weighted by molar-refractivity contribution is 7.89. The Morgan fingerprint density at radius 3 is 2.13 bits per heavy atom. The van der Waals surface area contributed by atoms with Gasteiger partial charge in [0.05, 0.1) is 4.90 Å². The van der Waals surface area contributed by atoms with E-state index in [1.54, 1.807) is 81.4 Å². The van der Waals surface area contributed by atoms with Crippen molar-refractivity contribution < 1.29 is 18.0 Å². The van der Waals surface area contributed by atoms with Crippen LogP contribution in [0, 0.1) is 6.92 Å². The largest absolute Gasteiger partial charge is 0.340 e. The Balaban J connectivity index is 1.68. The maximum absolute atomic E-state index is 13.7. The van der Waals surface area contributed by atoms with Gasteiger partial charge in [0.25, 0.3) is 5.91 Å². The van der Waals surface area contributed by atoms with Crippen molar-refractivity contribution in [3.8, 4) is 0 Å². The summed E-state index contributed by atoms with van der Waals surface area (Å²) in [4.78, 5) is 26.8. The molecule has 3 N–H and O–H groups in total. The first-order chi connectivity index (χ1) is 18.4. The minimum atomic E-state index is -3.82. The number of fused-ring (bicyclic) bond motifs is 1. The summed E-state index contributed by atoms with van der Waals surface area (Å²) in [5.74, 6) is -0.764. The second kappa shape index (κ2) is 11.4. The maximum atomic E-state index is 13.7. The smallest absolute Gasteiger partial charge is 0.251 e. The number of rotatable bonds is 8. The van der Waals surface area contributed by atoms with Crippen molar-refractivity contribution in [1.82, 2.24) is 10.0 Å². The highest BCUT2D eigenvalue weighted by Gasteiger charge is 2.26. The van der Waals surface area contributed by atoms with Crippen molar-refractivity contribution in [2.45, 2.75) is 50.6 Å². The molecule has 39 heavy (non-hydrogen) atoms. The Morgan fingerprint density at radius 1 is 0.795 bits per heavy atom. The number of aryl methyl sites for hydroxylation is 1. The van der Waals surface area contributed by atoms with Gasteiger partial charge in [-0.3, -0.25) is 9.59 Å². The molecular formula is C31H33N3O4S. The zero-order valence-corrected chi connectivity index (χ0v) is 23.3. The van der Waals surface area contributed by atoms with Gasteiger partial charge in [-0.15, -0.1) is 0 Å². The number of hydrogen-bond acceptors (Lipinski definition) is 4. The standard InChI is InChI=1S/C31H33N3O4S/c1-21-12-8-9-15-23(21)20-27(33-29(35)22-13-6-5-7-14-22)30(36)32-26-18-10-17-25-24(26)16-11-19-28(25)39(37,38)34-31(2,3)4/h5-19,27,34H,20H2,1-4H3,(H,32,36)(H,33,35). The van der Waals surface area contributed by atoms with Crippen molar-refractivity contribution in [1.29, 1.82) is 0 Å². The topological polar surface area (TPSA) is 104 Å². The molecule has 4 aromatic rings. The number of hydrogen-bond donors (Lipinski definition) is 3. The average Bonchev–Trinajstić information content (AvgIpc) is 2.88. The Kier molecular flexibility index (Phi) is 8.18. The number of carbonyl (C=O) groups excluding carboxylic acids is 2. The van der Waals surface area contributed by atoms with Crippen LogP contribution >= 0.6 is 0 Å². The molecule has 0 saturated heterocycles. The van der Waals surface area contributed by atoms with E-state index in [1.165, 1.54) is 0 Å². The van der Waals surface area contributed by atoms with E-state index in [1.807, 2.05) is 37.3 Å². The third kappa shape index (κ3) is 6.90. The third-order valence-corrected chi connectivity index (χ3v) is 8.03. The molecule has 8 heteroatoms. The summed E-state index contributed by atoms with van der Waals surface area (Å²) < 4.78 is 29.0. The number of sulfonamides is 1. The van der Waals surface area contributed by atoms with Gasteiger partial charge in [-0.05, 0) is 63.1 Å². The molecule has 4 aromatic carbocycles. The van der Waals surface area contributed by atoms with Gasteiger partial charge in [0, 0.05) is 34.0 Å². The van der Waals surface area contributed by atoms with E-state index < -0.39 is 27.5 Å². The summed E-state index contributed by atoms with van der Waals surface area (Å²) in [6, 6.07) is 25.7. The molecule has 0 aliphatic rings. The second-order valence-electron chi connectivity index (χ2n) is 10.5. The van der Waals surface area contributed by atoms with Crippen LogP contribution in [0.5, 0.6) is 0 Å². The summed E-state index contributed by atoms with van der Waals surface area (Å²) >= 11 is 0. The van der Waals surface area contributed by atoms with E-state index in [-0.39, 0.29) is 17.2 Å². The normalized spacial score (nSPS) is 12.6. The van der Waals surface area contributed by atoms with Gasteiger partial charge < -0.3 is 10.6 Å². The summed E-state index contributed by atoms with van der Waals surface area (Å²) in [6.07, 6.45) is 0.289. The van der Waals surface area contributed by atoms with Crippen molar-refractivity contribution >= 4 is 38.3 Å².